The molecule has 0 radical (unpaired) electrons. The first kappa shape index (κ1) is 11.3. The Bertz CT molecular complexity index is 346. The number of methoxy groups -OCH3 is 2. The highest BCUT2D eigenvalue weighted by atomic mass is 16.5. The van der Waals surface area contributed by atoms with Crippen LogP contribution < -0.4 is 14.8 Å². The van der Waals surface area contributed by atoms with Gasteiger partial charge in [-0.2, -0.15) is 0 Å². The minimum Gasteiger partial charge on any atom is -0.497 e. The summed E-state index contributed by atoms with van der Waals surface area (Å²) >= 11 is 0. The molecule has 0 spiro atoms. The zero-order valence-corrected chi connectivity index (χ0v) is 9.95. The highest BCUT2D eigenvalue weighted by Crippen LogP contribution is 2.26. The molecule has 88 valence electrons. The lowest BCUT2D eigenvalue weighted by molar-refractivity contribution is 0.389. The van der Waals surface area contributed by atoms with Gasteiger partial charge in [-0.15, -0.1) is 0 Å². The van der Waals surface area contributed by atoms with Crippen molar-refractivity contribution in [2.24, 2.45) is 0 Å². The Morgan fingerprint density at radius 1 is 1.31 bits per heavy atom. The molecule has 16 heavy (non-hydrogen) atoms. The van der Waals surface area contributed by atoms with E-state index in [0.29, 0.717) is 6.04 Å². The van der Waals surface area contributed by atoms with E-state index in [-0.39, 0.29) is 0 Å². The molecular formula is C13H19NO2. The van der Waals surface area contributed by atoms with Crippen LogP contribution in [0.2, 0.25) is 0 Å². The Kier molecular flexibility index (Phi) is 3.67. The molecule has 0 bridgehead atoms. The van der Waals surface area contributed by atoms with Crippen LogP contribution in [0.3, 0.4) is 0 Å². The predicted molar refractivity (Wildman–Crippen MR) is 64.3 cm³/mol. The van der Waals surface area contributed by atoms with Gasteiger partial charge in [0.1, 0.15) is 11.5 Å². The molecule has 0 aliphatic carbocycles. The zero-order valence-electron chi connectivity index (χ0n) is 9.95. The third kappa shape index (κ3) is 2.47. The summed E-state index contributed by atoms with van der Waals surface area (Å²) in [4.78, 5) is 0. The predicted octanol–water partition coefficient (Wildman–Crippen LogP) is 2.00. The maximum Gasteiger partial charge on any atom is 0.125 e. The first-order valence-electron chi connectivity index (χ1n) is 5.78. The average molecular weight is 221 g/mol. The van der Waals surface area contributed by atoms with Crippen LogP contribution in [0.4, 0.5) is 0 Å². The van der Waals surface area contributed by atoms with E-state index in [0.717, 1.165) is 24.5 Å². The third-order valence-corrected chi connectivity index (χ3v) is 3.12. The van der Waals surface area contributed by atoms with Crippen LogP contribution in [-0.2, 0) is 6.42 Å². The summed E-state index contributed by atoms with van der Waals surface area (Å²) in [5, 5.41) is 3.50. The standard InChI is InChI=1S/C13H19NO2/c1-15-12-6-5-10(13(9-12)16-2)8-11-4-3-7-14-11/h5-6,9,11,14H,3-4,7-8H2,1-2H3. The van der Waals surface area contributed by atoms with E-state index >= 15 is 0 Å². The minimum atomic E-state index is 0.599. The lowest BCUT2D eigenvalue weighted by Gasteiger charge is -2.14. The molecule has 1 aliphatic heterocycles. The van der Waals surface area contributed by atoms with Gasteiger partial charge >= 0.3 is 0 Å². The molecule has 0 aromatic heterocycles. The largest absolute Gasteiger partial charge is 0.497 e. The van der Waals surface area contributed by atoms with Gasteiger partial charge in [0, 0.05) is 12.1 Å². The maximum atomic E-state index is 5.39. The van der Waals surface area contributed by atoms with Crippen molar-refractivity contribution in [2.45, 2.75) is 25.3 Å². The van der Waals surface area contributed by atoms with E-state index < -0.39 is 0 Å². The van der Waals surface area contributed by atoms with Gasteiger partial charge < -0.3 is 14.8 Å². The first-order valence-corrected chi connectivity index (χ1v) is 5.78. The Morgan fingerprint density at radius 3 is 2.81 bits per heavy atom. The van der Waals surface area contributed by atoms with Crippen LogP contribution in [-0.4, -0.2) is 26.8 Å². The maximum absolute atomic E-state index is 5.39. The van der Waals surface area contributed by atoms with Crippen LogP contribution >= 0.6 is 0 Å². The number of hydrogen-bond donors (Lipinski definition) is 1. The third-order valence-electron chi connectivity index (χ3n) is 3.12. The summed E-state index contributed by atoms with van der Waals surface area (Å²) in [7, 11) is 3.38. The van der Waals surface area contributed by atoms with Crippen LogP contribution in [0.1, 0.15) is 18.4 Å². The van der Waals surface area contributed by atoms with Gasteiger partial charge in [0.05, 0.1) is 14.2 Å². The monoisotopic (exact) mass is 221 g/mol. The van der Waals surface area contributed by atoms with Crippen LogP contribution in [0.25, 0.3) is 0 Å². The number of benzene rings is 1. The fraction of sp³-hybridized carbons (Fsp3) is 0.538. The normalized spacial score (nSPS) is 19.8. The summed E-state index contributed by atoms with van der Waals surface area (Å²) in [5.41, 5.74) is 1.25. The van der Waals surface area contributed by atoms with Crippen molar-refractivity contribution in [3.63, 3.8) is 0 Å². The second kappa shape index (κ2) is 5.21. The van der Waals surface area contributed by atoms with Gasteiger partial charge in [0.25, 0.3) is 0 Å². The fourth-order valence-electron chi connectivity index (χ4n) is 2.22. The Balaban J connectivity index is 2.12. The summed E-state index contributed by atoms with van der Waals surface area (Å²) in [6.45, 7) is 1.14. The molecule has 1 atom stereocenters. The summed E-state index contributed by atoms with van der Waals surface area (Å²) in [6, 6.07) is 6.64. The molecule has 1 fully saturated rings. The molecule has 0 amide bonds. The summed E-state index contributed by atoms with van der Waals surface area (Å²) in [6.07, 6.45) is 3.57. The molecule has 1 aromatic carbocycles. The van der Waals surface area contributed by atoms with E-state index in [2.05, 4.69) is 11.4 Å². The Morgan fingerprint density at radius 2 is 2.19 bits per heavy atom. The van der Waals surface area contributed by atoms with Crippen LogP contribution in [0.15, 0.2) is 18.2 Å². The Labute approximate surface area is 96.8 Å². The second-order valence-electron chi connectivity index (χ2n) is 4.18. The lowest BCUT2D eigenvalue weighted by atomic mass is 10.0. The van der Waals surface area contributed by atoms with Crippen molar-refractivity contribution in [3.8, 4) is 11.5 Å². The first-order chi connectivity index (χ1) is 7.83. The van der Waals surface area contributed by atoms with Gasteiger partial charge in [-0.05, 0) is 37.4 Å². The lowest BCUT2D eigenvalue weighted by Crippen LogP contribution is -2.23. The number of nitrogens with one attached hydrogen (secondary N) is 1. The minimum absolute atomic E-state index is 0.599. The zero-order chi connectivity index (χ0) is 11.4. The second-order valence-corrected chi connectivity index (χ2v) is 4.18. The summed E-state index contributed by atoms with van der Waals surface area (Å²) in [5.74, 6) is 1.77. The van der Waals surface area contributed by atoms with Crippen molar-refractivity contribution < 1.29 is 9.47 Å². The van der Waals surface area contributed by atoms with E-state index in [9.17, 15) is 0 Å². The molecule has 0 saturated carbocycles. The van der Waals surface area contributed by atoms with E-state index in [1.165, 1.54) is 18.4 Å². The molecule has 1 heterocycles. The van der Waals surface area contributed by atoms with Crippen molar-refractivity contribution in [3.05, 3.63) is 23.8 Å². The number of rotatable bonds is 4. The van der Waals surface area contributed by atoms with Crippen LogP contribution in [0.5, 0.6) is 11.5 Å². The SMILES string of the molecule is COc1ccc(CC2CCCN2)c(OC)c1. The number of hydrogen-bond acceptors (Lipinski definition) is 3. The van der Waals surface area contributed by atoms with Crippen molar-refractivity contribution in [1.82, 2.24) is 5.32 Å². The van der Waals surface area contributed by atoms with Gasteiger partial charge in [-0.25, -0.2) is 0 Å². The molecule has 2 rings (SSSR count). The molecule has 1 unspecified atom stereocenters. The van der Waals surface area contributed by atoms with E-state index in [1.54, 1.807) is 14.2 Å². The van der Waals surface area contributed by atoms with Gasteiger partial charge in [0.2, 0.25) is 0 Å². The highest BCUT2D eigenvalue weighted by Gasteiger charge is 2.16. The van der Waals surface area contributed by atoms with Crippen LogP contribution in [0, 0.1) is 0 Å². The molecule has 1 N–H and O–H groups in total. The van der Waals surface area contributed by atoms with Crippen molar-refractivity contribution in [1.29, 1.82) is 0 Å². The van der Waals surface area contributed by atoms with E-state index in [1.807, 2.05) is 12.1 Å². The Hall–Kier alpha value is -1.22. The quantitative estimate of drug-likeness (QED) is 0.843. The molecular weight excluding hydrogens is 202 g/mol. The van der Waals surface area contributed by atoms with Crippen molar-refractivity contribution in [2.75, 3.05) is 20.8 Å². The highest BCUT2D eigenvalue weighted by molar-refractivity contribution is 5.41. The fourth-order valence-corrected chi connectivity index (χ4v) is 2.22. The van der Waals surface area contributed by atoms with Gasteiger partial charge in [-0.1, -0.05) is 6.07 Å². The molecule has 3 heteroatoms. The molecule has 3 nitrogen and oxygen atoms in total. The smallest absolute Gasteiger partial charge is 0.125 e. The van der Waals surface area contributed by atoms with E-state index in [4.69, 9.17) is 9.47 Å². The number of ether oxygens (including phenoxy) is 2. The average Bonchev–Trinajstić information content (AvgIpc) is 2.82. The van der Waals surface area contributed by atoms with Gasteiger partial charge in [0.15, 0.2) is 0 Å². The molecule has 1 saturated heterocycles. The molecule has 1 aromatic rings. The topological polar surface area (TPSA) is 30.5 Å². The molecule has 1 aliphatic rings. The van der Waals surface area contributed by atoms with Gasteiger partial charge in [-0.3, -0.25) is 0 Å². The summed E-state index contributed by atoms with van der Waals surface area (Å²) < 4.78 is 10.6. The van der Waals surface area contributed by atoms with Crippen molar-refractivity contribution >= 4 is 0 Å².